The highest BCUT2D eigenvalue weighted by Crippen LogP contribution is 2.33. The van der Waals surface area contributed by atoms with E-state index in [0.717, 1.165) is 4.90 Å². The number of imide groups is 1. The predicted molar refractivity (Wildman–Crippen MR) is 100 cm³/mol. The molecule has 0 N–H and O–H groups in total. The molecular formula is C21H19F2NO6. The number of esters is 1. The van der Waals surface area contributed by atoms with E-state index in [0.29, 0.717) is 0 Å². The fourth-order valence-corrected chi connectivity index (χ4v) is 3.04. The Morgan fingerprint density at radius 1 is 1.03 bits per heavy atom. The molecule has 3 rings (SSSR count). The molecule has 0 saturated heterocycles. The van der Waals surface area contributed by atoms with Crippen LogP contribution in [0.3, 0.4) is 0 Å². The van der Waals surface area contributed by atoms with Gasteiger partial charge in [0.05, 0.1) is 24.2 Å². The zero-order valence-corrected chi connectivity index (χ0v) is 16.1. The van der Waals surface area contributed by atoms with Crippen molar-refractivity contribution in [1.82, 2.24) is 4.90 Å². The second-order valence-corrected chi connectivity index (χ2v) is 6.27. The molecule has 1 aliphatic heterocycles. The Balaban J connectivity index is 1.60. The Bertz CT molecular complexity index is 927. The van der Waals surface area contributed by atoms with Crippen molar-refractivity contribution in [2.75, 3.05) is 13.2 Å². The smallest absolute Gasteiger partial charge is 0.387 e. The molecule has 0 bridgehead atoms. The van der Waals surface area contributed by atoms with Gasteiger partial charge in [0.15, 0.2) is 11.5 Å². The number of ether oxygens (including phenoxy) is 3. The van der Waals surface area contributed by atoms with Crippen molar-refractivity contribution in [2.45, 2.75) is 26.6 Å². The number of carbonyl (C=O) groups is 3. The van der Waals surface area contributed by atoms with Crippen LogP contribution < -0.4 is 9.47 Å². The second-order valence-electron chi connectivity index (χ2n) is 6.27. The molecule has 2 amide bonds. The van der Waals surface area contributed by atoms with E-state index >= 15 is 0 Å². The molecular weight excluding hydrogens is 400 g/mol. The van der Waals surface area contributed by atoms with Crippen molar-refractivity contribution in [3.8, 4) is 11.5 Å². The molecule has 0 aliphatic carbocycles. The maximum Gasteiger partial charge on any atom is 0.387 e. The van der Waals surface area contributed by atoms with Gasteiger partial charge in [-0.3, -0.25) is 19.3 Å². The lowest BCUT2D eigenvalue weighted by molar-refractivity contribution is -0.145. The van der Waals surface area contributed by atoms with Crippen molar-refractivity contribution in [3.63, 3.8) is 0 Å². The third kappa shape index (κ3) is 4.56. The van der Waals surface area contributed by atoms with Gasteiger partial charge in [0.1, 0.15) is 6.61 Å². The maximum atomic E-state index is 12.7. The molecule has 0 atom stereocenters. The number of fused-ring (bicyclic) bond motifs is 1. The molecule has 30 heavy (non-hydrogen) atoms. The van der Waals surface area contributed by atoms with Crippen LogP contribution in [0.25, 0.3) is 0 Å². The van der Waals surface area contributed by atoms with E-state index in [1.165, 1.54) is 12.1 Å². The van der Waals surface area contributed by atoms with Crippen LogP contribution in [0.15, 0.2) is 42.5 Å². The third-order valence-corrected chi connectivity index (χ3v) is 4.37. The summed E-state index contributed by atoms with van der Waals surface area (Å²) in [6, 6.07) is 10.9. The summed E-state index contributed by atoms with van der Waals surface area (Å²) in [5, 5.41) is 0. The van der Waals surface area contributed by atoms with E-state index in [1.807, 2.05) is 0 Å². The van der Waals surface area contributed by atoms with Gasteiger partial charge >= 0.3 is 12.6 Å². The normalized spacial score (nSPS) is 12.9. The van der Waals surface area contributed by atoms with Crippen LogP contribution >= 0.6 is 0 Å². The van der Waals surface area contributed by atoms with Crippen molar-refractivity contribution in [3.05, 3.63) is 59.2 Å². The zero-order valence-electron chi connectivity index (χ0n) is 16.1. The predicted octanol–water partition coefficient (Wildman–Crippen LogP) is 3.42. The minimum atomic E-state index is -3.07. The van der Waals surface area contributed by atoms with E-state index < -0.39 is 24.4 Å². The Kier molecular flexibility index (Phi) is 6.61. The molecule has 0 spiro atoms. The number of rotatable bonds is 9. The Morgan fingerprint density at radius 2 is 1.70 bits per heavy atom. The largest absolute Gasteiger partial charge is 0.490 e. The van der Waals surface area contributed by atoms with Crippen LogP contribution in [-0.2, 0) is 16.1 Å². The molecule has 0 saturated carbocycles. The number of alkyl halides is 2. The fourth-order valence-electron chi connectivity index (χ4n) is 3.04. The van der Waals surface area contributed by atoms with Crippen molar-refractivity contribution in [2.24, 2.45) is 0 Å². The first kappa shape index (κ1) is 21.2. The molecule has 7 nitrogen and oxygen atoms in total. The van der Waals surface area contributed by atoms with Crippen molar-refractivity contribution < 1.29 is 37.4 Å². The van der Waals surface area contributed by atoms with Crippen LogP contribution in [-0.4, -0.2) is 42.4 Å². The molecule has 0 radical (unpaired) electrons. The summed E-state index contributed by atoms with van der Waals surface area (Å²) in [4.78, 5) is 37.7. The summed E-state index contributed by atoms with van der Waals surface area (Å²) in [5.74, 6) is -1.74. The average molecular weight is 419 g/mol. The number of hydrogen-bond donors (Lipinski definition) is 0. The average Bonchev–Trinajstić information content (AvgIpc) is 2.97. The summed E-state index contributed by atoms with van der Waals surface area (Å²) < 4.78 is 40.4. The van der Waals surface area contributed by atoms with Crippen LogP contribution in [0, 0.1) is 0 Å². The third-order valence-electron chi connectivity index (χ3n) is 4.37. The van der Waals surface area contributed by atoms with E-state index in [4.69, 9.17) is 9.47 Å². The minimum Gasteiger partial charge on any atom is -0.490 e. The lowest BCUT2D eigenvalue weighted by atomic mass is 10.1. The van der Waals surface area contributed by atoms with Crippen LogP contribution in [0.4, 0.5) is 8.78 Å². The lowest BCUT2D eigenvalue weighted by Crippen LogP contribution is -2.32. The molecule has 0 unspecified atom stereocenters. The lowest BCUT2D eigenvalue weighted by Gasteiger charge is -2.16. The number of nitrogens with zero attached hydrogens (tertiary/aromatic N) is 1. The van der Waals surface area contributed by atoms with Crippen LogP contribution in [0.5, 0.6) is 11.5 Å². The highest BCUT2D eigenvalue weighted by Gasteiger charge is 2.35. The standard InChI is InChI=1S/C21H19F2NO6/c1-2-28-16-9-5-6-13(18(16)30-21(22)23)12-29-17(25)10-11-24-19(26)14-7-3-4-8-15(14)20(24)27/h3-9,21H,2,10-12H2,1H3. The fraction of sp³-hybridized carbons (Fsp3) is 0.286. The SMILES string of the molecule is CCOc1cccc(COC(=O)CCN2C(=O)c3ccccc3C2=O)c1OC(F)F. The van der Waals surface area contributed by atoms with Gasteiger partial charge in [-0.1, -0.05) is 24.3 Å². The van der Waals surface area contributed by atoms with Gasteiger partial charge in [-0.15, -0.1) is 0 Å². The monoisotopic (exact) mass is 419 g/mol. The highest BCUT2D eigenvalue weighted by atomic mass is 19.3. The number of carbonyl (C=O) groups excluding carboxylic acids is 3. The minimum absolute atomic E-state index is 0.109. The first-order valence-electron chi connectivity index (χ1n) is 9.22. The Labute approximate surface area is 171 Å². The van der Waals surface area contributed by atoms with Gasteiger partial charge in [0, 0.05) is 12.1 Å². The van der Waals surface area contributed by atoms with E-state index in [1.54, 1.807) is 37.3 Å². The Morgan fingerprint density at radius 3 is 2.30 bits per heavy atom. The molecule has 1 aliphatic rings. The van der Waals surface area contributed by atoms with Gasteiger partial charge in [-0.05, 0) is 25.1 Å². The van der Waals surface area contributed by atoms with Crippen LogP contribution in [0.1, 0.15) is 39.6 Å². The summed E-state index contributed by atoms with van der Waals surface area (Å²) in [6.07, 6.45) is -0.234. The van der Waals surface area contributed by atoms with Gasteiger partial charge in [-0.2, -0.15) is 8.78 Å². The summed E-state index contributed by atoms with van der Waals surface area (Å²) in [7, 11) is 0. The first-order chi connectivity index (χ1) is 14.4. The molecule has 0 fully saturated rings. The summed E-state index contributed by atoms with van der Waals surface area (Å²) >= 11 is 0. The second kappa shape index (κ2) is 9.34. The first-order valence-corrected chi connectivity index (χ1v) is 9.22. The van der Waals surface area contributed by atoms with Crippen molar-refractivity contribution >= 4 is 17.8 Å². The zero-order chi connectivity index (χ0) is 21.7. The number of halogens is 2. The number of amides is 2. The van der Waals surface area contributed by atoms with E-state index in [-0.39, 0.29) is 54.4 Å². The van der Waals surface area contributed by atoms with Crippen LogP contribution in [0.2, 0.25) is 0 Å². The van der Waals surface area contributed by atoms with Gasteiger partial charge in [0.25, 0.3) is 11.8 Å². The molecule has 9 heteroatoms. The van der Waals surface area contributed by atoms with E-state index in [2.05, 4.69) is 4.74 Å². The topological polar surface area (TPSA) is 82.1 Å². The summed E-state index contributed by atoms with van der Waals surface area (Å²) in [6.45, 7) is -1.62. The molecule has 158 valence electrons. The van der Waals surface area contributed by atoms with Crippen molar-refractivity contribution in [1.29, 1.82) is 0 Å². The number of benzene rings is 2. The van der Waals surface area contributed by atoms with Gasteiger partial charge < -0.3 is 14.2 Å². The van der Waals surface area contributed by atoms with Gasteiger partial charge in [0.2, 0.25) is 0 Å². The van der Waals surface area contributed by atoms with E-state index in [9.17, 15) is 23.2 Å². The Hall–Kier alpha value is -3.49. The molecule has 1 heterocycles. The number of para-hydroxylation sites is 1. The maximum absolute atomic E-state index is 12.7. The number of hydrogen-bond acceptors (Lipinski definition) is 6. The summed E-state index contributed by atoms with van der Waals surface area (Å²) in [5.41, 5.74) is 0.783. The quantitative estimate of drug-likeness (QED) is 0.458. The molecule has 2 aromatic rings. The van der Waals surface area contributed by atoms with Gasteiger partial charge in [-0.25, -0.2) is 0 Å². The highest BCUT2D eigenvalue weighted by molar-refractivity contribution is 6.21. The molecule has 2 aromatic carbocycles. The molecule has 0 aromatic heterocycles.